The van der Waals surface area contributed by atoms with Crippen LogP contribution in [0, 0.1) is 20.2 Å². The van der Waals surface area contributed by atoms with Crippen LogP contribution in [0.4, 0.5) is 11.4 Å². The molecule has 0 fully saturated rings. The molecule has 0 spiro atoms. The molecular weight excluding hydrogens is 280 g/mol. The zero-order valence-corrected chi connectivity index (χ0v) is 10.9. The van der Waals surface area contributed by atoms with E-state index in [1.54, 1.807) is 12.1 Å². The molecule has 0 saturated carbocycles. The lowest BCUT2D eigenvalue weighted by Gasteiger charge is -2.07. The van der Waals surface area contributed by atoms with E-state index in [2.05, 4.69) is 0 Å². The smallest absolute Gasteiger partial charge is 0.318 e. The van der Waals surface area contributed by atoms with Crippen molar-refractivity contribution in [2.24, 2.45) is 0 Å². The van der Waals surface area contributed by atoms with Crippen LogP contribution in [0.3, 0.4) is 0 Å². The van der Waals surface area contributed by atoms with Gasteiger partial charge in [-0.2, -0.15) is 0 Å². The Morgan fingerprint density at radius 3 is 1.76 bits per heavy atom. The number of ether oxygens (including phenoxy) is 2. The Balaban J connectivity index is 2.45. The highest BCUT2D eigenvalue weighted by Crippen LogP contribution is 2.39. The van der Waals surface area contributed by atoms with Gasteiger partial charge in [-0.3, -0.25) is 20.2 Å². The summed E-state index contributed by atoms with van der Waals surface area (Å²) >= 11 is 0. The first-order valence-electron chi connectivity index (χ1n) is 5.76. The van der Waals surface area contributed by atoms with E-state index in [0.29, 0.717) is 5.75 Å². The Morgan fingerprint density at radius 2 is 1.33 bits per heavy atom. The van der Waals surface area contributed by atoms with Gasteiger partial charge in [0.25, 0.3) is 5.75 Å². The minimum atomic E-state index is -0.730. The molecule has 0 saturated heterocycles. The minimum absolute atomic E-state index is 0.230. The van der Waals surface area contributed by atoms with E-state index >= 15 is 0 Å². The van der Waals surface area contributed by atoms with Gasteiger partial charge in [0, 0.05) is 12.1 Å². The second kappa shape index (κ2) is 5.87. The molecule has 2 aromatic rings. The SMILES string of the molecule is COc1ccc(Oc2c([N+](=O)[O-])cccc2[N+](=O)[O-])cc1. The van der Waals surface area contributed by atoms with E-state index in [-0.39, 0.29) is 5.75 Å². The molecule has 0 amide bonds. The van der Waals surface area contributed by atoms with E-state index in [9.17, 15) is 20.2 Å². The average molecular weight is 290 g/mol. The van der Waals surface area contributed by atoms with E-state index in [1.165, 1.54) is 25.3 Å². The fourth-order valence-corrected chi connectivity index (χ4v) is 1.67. The maximum absolute atomic E-state index is 11.0. The van der Waals surface area contributed by atoms with Gasteiger partial charge >= 0.3 is 11.4 Å². The molecule has 0 heterocycles. The summed E-state index contributed by atoms with van der Waals surface area (Å²) in [4.78, 5) is 20.5. The first-order valence-corrected chi connectivity index (χ1v) is 5.76. The molecule has 0 aliphatic rings. The van der Waals surface area contributed by atoms with Crippen LogP contribution in [0.5, 0.6) is 17.2 Å². The molecule has 0 aliphatic carbocycles. The van der Waals surface area contributed by atoms with Crippen molar-refractivity contribution in [2.45, 2.75) is 0 Å². The predicted molar refractivity (Wildman–Crippen MR) is 72.8 cm³/mol. The number of methoxy groups -OCH3 is 1. The van der Waals surface area contributed by atoms with Crippen molar-refractivity contribution in [3.63, 3.8) is 0 Å². The predicted octanol–water partition coefficient (Wildman–Crippen LogP) is 3.30. The lowest BCUT2D eigenvalue weighted by molar-refractivity contribution is -0.395. The van der Waals surface area contributed by atoms with Gasteiger partial charge in [0.1, 0.15) is 11.5 Å². The summed E-state index contributed by atoms with van der Waals surface area (Å²) in [5.74, 6) is 0.394. The third-order valence-corrected chi connectivity index (χ3v) is 2.65. The highest BCUT2D eigenvalue weighted by Gasteiger charge is 2.27. The Kier molecular flexibility index (Phi) is 3.98. The molecule has 8 nitrogen and oxygen atoms in total. The standard InChI is InChI=1S/C13H10N2O6/c1-20-9-5-7-10(8-6-9)21-13-11(14(16)17)3-2-4-12(13)15(18)19/h2-8H,1H3. The number of nitro groups is 2. The van der Waals surface area contributed by atoms with Crippen molar-refractivity contribution in [2.75, 3.05) is 7.11 Å². The van der Waals surface area contributed by atoms with Crippen molar-refractivity contribution in [3.05, 3.63) is 62.7 Å². The lowest BCUT2D eigenvalue weighted by atomic mass is 10.2. The second-order valence-electron chi connectivity index (χ2n) is 3.92. The number of para-hydroxylation sites is 1. The van der Waals surface area contributed by atoms with E-state index in [1.807, 2.05) is 0 Å². The lowest BCUT2D eigenvalue weighted by Crippen LogP contribution is -1.98. The molecule has 2 aromatic carbocycles. The third-order valence-electron chi connectivity index (χ3n) is 2.65. The fraction of sp³-hybridized carbons (Fsp3) is 0.0769. The molecule has 0 atom stereocenters. The van der Waals surface area contributed by atoms with Crippen LogP contribution < -0.4 is 9.47 Å². The monoisotopic (exact) mass is 290 g/mol. The second-order valence-corrected chi connectivity index (χ2v) is 3.92. The van der Waals surface area contributed by atoms with Gasteiger partial charge in [0.2, 0.25) is 0 Å². The van der Waals surface area contributed by atoms with Crippen LogP contribution >= 0.6 is 0 Å². The van der Waals surface area contributed by atoms with E-state index in [0.717, 1.165) is 12.1 Å². The molecule has 0 bridgehead atoms. The van der Waals surface area contributed by atoms with Crippen molar-refractivity contribution in [1.82, 2.24) is 0 Å². The molecule has 21 heavy (non-hydrogen) atoms. The van der Waals surface area contributed by atoms with Crippen molar-refractivity contribution < 1.29 is 19.3 Å². The van der Waals surface area contributed by atoms with Gasteiger partial charge in [0.05, 0.1) is 17.0 Å². The summed E-state index contributed by atoms with van der Waals surface area (Å²) in [7, 11) is 1.49. The Hall–Kier alpha value is -3.16. The minimum Gasteiger partial charge on any atom is -0.497 e. The molecule has 2 rings (SSSR count). The molecule has 8 heteroatoms. The molecule has 0 aliphatic heterocycles. The van der Waals surface area contributed by atoms with Crippen LogP contribution in [0.15, 0.2) is 42.5 Å². The summed E-state index contributed by atoms with van der Waals surface area (Å²) in [6.07, 6.45) is 0. The zero-order chi connectivity index (χ0) is 15.4. The number of hydrogen-bond acceptors (Lipinski definition) is 6. The van der Waals surface area contributed by atoms with Crippen molar-refractivity contribution in [1.29, 1.82) is 0 Å². The van der Waals surface area contributed by atoms with Crippen LogP contribution in [0.1, 0.15) is 0 Å². The number of nitrogens with zero attached hydrogens (tertiary/aromatic N) is 2. The molecule has 0 unspecified atom stereocenters. The van der Waals surface area contributed by atoms with Crippen LogP contribution in [0.25, 0.3) is 0 Å². The largest absolute Gasteiger partial charge is 0.497 e. The number of nitro benzene ring substituents is 2. The summed E-state index contributed by atoms with van der Waals surface area (Å²) < 4.78 is 10.3. The van der Waals surface area contributed by atoms with Crippen LogP contribution in [-0.2, 0) is 0 Å². The third kappa shape index (κ3) is 3.06. The first-order chi connectivity index (χ1) is 10.0. The quantitative estimate of drug-likeness (QED) is 0.618. The summed E-state index contributed by atoms with van der Waals surface area (Å²) in [6, 6.07) is 9.68. The summed E-state index contributed by atoms with van der Waals surface area (Å²) in [5, 5.41) is 21.9. The highest BCUT2D eigenvalue weighted by atomic mass is 16.6. The van der Waals surface area contributed by atoms with Gasteiger partial charge < -0.3 is 9.47 Å². The maximum Gasteiger partial charge on any atom is 0.318 e. The van der Waals surface area contributed by atoms with Crippen molar-refractivity contribution >= 4 is 11.4 Å². The topological polar surface area (TPSA) is 105 Å². The number of benzene rings is 2. The van der Waals surface area contributed by atoms with Gasteiger partial charge in [-0.1, -0.05) is 0 Å². The average Bonchev–Trinajstić information content (AvgIpc) is 2.47. The molecular formula is C13H10N2O6. The Bertz CT molecular complexity index is 651. The molecule has 0 radical (unpaired) electrons. The molecule has 108 valence electrons. The fourth-order valence-electron chi connectivity index (χ4n) is 1.67. The van der Waals surface area contributed by atoms with Gasteiger partial charge in [0.15, 0.2) is 0 Å². The number of hydrogen-bond donors (Lipinski definition) is 0. The summed E-state index contributed by atoms with van der Waals surface area (Å²) in [6.45, 7) is 0. The zero-order valence-electron chi connectivity index (χ0n) is 10.9. The first kappa shape index (κ1) is 14.3. The van der Waals surface area contributed by atoms with Crippen molar-refractivity contribution in [3.8, 4) is 17.2 Å². The van der Waals surface area contributed by atoms with Crippen LogP contribution in [0.2, 0.25) is 0 Å². The molecule has 0 N–H and O–H groups in total. The molecule has 0 aromatic heterocycles. The normalized spacial score (nSPS) is 9.95. The Morgan fingerprint density at radius 1 is 0.857 bits per heavy atom. The van der Waals surface area contributed by atoms with E-state index < -0.39 is 27.0 Å². The van der Waals surface area contributed by atoms with E-state index in [4.69, 9.17) is 9.47 Å². The van der Waals surface area contributed by atoms with Crippen LogP contribution in [-0.4, -0.2) is 17.0 Å². The summed E-state index contributed by atoms with van der Waals surface area (Å²) in [5.41, 5.74) is -0.944. The maximum atomic E-state index is 11.0. The van der Waals surface area contributed by atoms with Gasteiger partial charge in [-0.25, -0.2) is 0 Å². The van der Waals surface area contributed by atoms with Gasteiger partial charge in [-0.15, -0.1) is 0 Å². The Labute approximate surface area is 118 Å². The number of rotatable bonds is 5. The highest BCUT2D eigenvalue weighted by molar-refractivity contribution is 5.61. The van der Waals surface area contributed by atoms with Gasteiger partial charge in [-0.05, 0) is 30.3 Å².